The molecule has 0 saturated heterocycles. The number of rotatable bonds is 11. The van der Waals surface area contributed by atoms with Gasteiger partial charge in [-0.05, 0) is 65.9 Å². The van der Waals surface area contributed by atoms with Crippen molar-refractivity contribution < 1.29 is 27.8 Å². The minimum atomic E-state index is -3.90. The Morgan fingerprint density at radius 2 is 1.88 bits per heavy atom. The van der Waals surface area contributed by atoms with Gasteiger partial charge in [-0.3, -0.25) is 14.4 Å². The highest BCUT2D eigenvalue weighted by Gasteiger charge is 2.35. The number of hydrogen-bond donors (Lipinski definition) is 1. The highest BCUT2D eigenvalue weighted by molar-refractivity contribution is 7.99. The van der Waals surface area contributed by atoms with E-state index in [1.807, 2.05) is 4.98 Å². The van der Waals surface area contributed by atoms with Gasteiger partial charge in [-0.15, -0.1) is 0 Å². The summed E-state index contributed by atoms with van der Waals surface area (Å²) in [4.78, 5) is 44.0. The fourth-order valence-corrected chi connectivity index (χ4v) is 6.32. The van der Waals surface area contributed by atoms with Crippen molar-refractivity contribution in [2.45, 2.75) is 41.6 Å². The number of anilines is 1. The van der Waals surface area contributed by atoms with Crippen molar-refractivity contribution in [3.05, 3.63) is 78.7 Å². The fraction of sp³-hybridized carbons (Fsp3) is 0.321. The van der Waals surface area contributed by atoms with Crippen LogP contribution in [0.5, 0.6) is 5.75 Å². The lowest BCUT2D eigenvalue weighted by Crippen LogP contribution is -2.32. The maximum absolute atomic E-state index is 14.1. The minimum Gasteiger partial charge on any atom is -0.495 e. The smallest absolute Gasteiger partial charge is 0.362 e. The number of benzene rings is 2. The van der Waals surface area contributed by atoms with Gasteiger partial charge in [-0.2, -0.15) is 8.78 Å². The molecule has 2 heterocycles. The molecule has 0 radical (unpaired) electrons. The largest absolute Gasteiger partial charge is 0.495 e. The number of H-pyrrole nitrogens is 1. The number of fused-ring (bicyclic) bond motifs is 1. The van der Waals surface area contributed by atoms with Crippen molar-refractivity contribution in [2.75, 3.05) is 32.3 Å². The van der Waals surface area contributed by atoms with Crippen molar-refractivity contribution >= 4 is 64.6 Å². The Hall–Kier alpha value is -2.83. The molecule has 0 spiro atoms. The van der Waals surface area contributed by atoms with E-state index in [1.54, 1.807) is 38.3 Å². The molecule has 1 aliphatic heterocycles. The van der Waals surface area contributed by atoms with Crippen LogP contribution in [0.2, 0.25) is 10.0 Å². The number of aromatic nitrogens is 1. The van der Waals surface area contributed by atoms with Crippen molar-refractivity contribution in [1.29, 1.82) is 0 Å². The predicted molar refractivity (Wildman–Crippen MR) is 159 cm³/mol. The number of carbonyl (C=O) groups is 2. The summed E-state index contributed by atoms with van der Waals surface area (Å²) in [6, 6.07) is 7.70. The number of nitrogens with one attached hydrogen (secondary N) is 1. The average molecular weight is 661 g/mol. The number of carbonyl (C=O) groups excluding carboxylic acids is 2. The number of aromatic amines is 1. The number of methoxy groups -OCH3 is 2. The van der Waals surface area contributed by atoms with E-state index in [0.717, 1.165) is 29.0 Å². The second kappa shape index (κ2) is 13.2. The van der Waals surface area contributed by atoms with E-state index in [4.69, 9.17) is 44.3 Å². The fourth-order valence-electron chi connectivity index (χ4n) is 4.52. The summed E-state index contributed by atoms with van der Waals surface area (Å²) in [5.74, 6) is -0.272. The first-order valence-electron chi connectivity index (χ1n) is 12.6. The van der Waals surface area contributed by atoms with Crippen LogP contribution in [-0.4, -0.2) is 49.6 Å². The minimum absolute atomic E-state index is 0.0898. The van der Waals surface area contributed by atoms with Gasteiger partial charge in [0.1, 0.15) is 17.0 Å². The molecular formula is C28H26Cl3F2N3O5S. The highest BCUT2D eigenvalue weighted by atomic mass is 35.5. The molecule has 42 heavy (non-hydrogen) atoms. The quantitative estimate of drug-likeness (QED) is 0.142. The second-order valence-corrected chi connectivity index (χ2v) is 11.8. The normalized spacial score (nSPS) is 12.8. The van der Waals surface area contributed by atoms with Gasteiger partial charge in [0.15, 0.2) is 0 Å². The van der Waals surface area contributed by atoms with Gasteiger partial charge >= 0.3 is 5.38 Å². The van der Waals surface area contributed by atoms with Crippen LogP contribution in [0.3, 0.4) is 0 Å². The number of ether oxygens (including phenoxy) is 2. The van der Waals surface area contributed by atoms with Gasteiger partial charge in [0.2, 0.25) is 6.41 Å². The molecule has 0 aliphatic carbocycles. The lowest BCUT2D eigenvalue weighted by Gasteiger charge is -2.21. The van der Waals surface area contributed by atoms with Crippen LogP contribution < -0.4 is 15.2 Å². The molecule has 1 aromatic heterocycles. The first-order chi connectivity index (χ1) is 19.9. The molecular weight excluding hydrogens is 635 g/mol. The van der Waals surface area contributed by atoms with E-state index in [-0.39, 0.29) is 33.6 Å². The summed E-state index contributed by atoms with van der Waals surface area (Å²) in [7, 11) is 3.04. The van der Waals surface area contributed by atoms with Crippen LogP contribution in [0.4, 0.5) is 14.5 Å². The van der Waals surface area contributed by atoms with Gasteiger partial charge < -0.3 is 24.3 Å². The van der Waals surface area contributed by atoms with E-state index in [2.05, 4.69) is 0 Å². The van der Waals surface area contributed by atoms with E-state index < -0.39 is 22.5 Å². The molecule has 0 atom stereocenters. The Morgan fingerprint density at radius 3 is 2.50 bits per heavy atom. The summed E-state index contributed by atoms with van der Waals surface area (Å²) in [6.07, 6.45) is 1.28. The molecule has 0 unspecified atom stereocenters. The molecule has 4 rings (SSSR count). The van der Waals surface area contributed by atoms with Gasteiger partial charge in [0.05, 0.1) is 22.8 Å². The molecule has 2 amide bonds. The Balaban J connectivity index is 1.73. The molecule has 8 nitrogen and oxygen atoms in total. The SMILES string of the molecule is COCCCN(C=O)c1cc2c(cc1OC)CN(C(=O)c1c(Sc3c(Cl)ccc(C)c3Cl)cc(C(F)(F)Cl)[nH]c1=O)C2. The molecule has 0 saturated carbocycles. The number of halogens is 5. The number of hydrogen-bond acceptors (Lipinski definition) is 6. The van der Waals surface area contributed by atoms with E-state index in [9.17, 15) is 23.2 Å². The number of aryl methyl sites for hydroxylation is 1. The standard InChI is InChI=1S/C28H26Cl3F2N3O5S/c1-15-5-6-18(29)25(24(15)30)42-21-11-22(28(31,32)33)34-26(38)23(21)27(39)36-12-16-9-19(20(41-3)10-17(16)13-36)35(14-37)7-4-8-40-2/h5-6,9-11,14H,4,7-8,12-13H2,1-3H3,(H,34,38). The zero-order chi connectivity index (χ0) is 30.8. The summed E-state index contributed by atoms with van der Waals surface area (Å²) in [6.45, 7) is 2.78. The van der Waals surface area contributed by atoms with E-state index >= 15 is 0 Å². The number of alkyl halides is 3. The summed E-state index contributed by atoms with van der Waals surface area (Å²) >= 11 is 18.9. The zero-order valence-electron chi connectivity index (χ0n) is 22.7. The lowest BCUT2D eigenvalue weighted by molar-refractivity contribution is -0.107. The molecule has 14 heteroatoms. The predicted octanol–water partition coefficient (Wildman–Crippen LogP) is 6.59. The van der Waals surface area contributed by atoms with Crippen LogP contribution in [0.25, 0.3) is 0 Å². The number of nitrogens with zero attached hydrogens (tertiary/aromatic N) is 2. The van der Waals surface area contributed by atoms with Crippen LogP contribution in [0.15, 0.2) is 44.9 Å². The maximum Gasteiger partial charge on any atom is 0.362 e. The Bertz CT molecular complexity index is 1580. The number of pyridine rings is 1. The van der Waals surface area contributed by atoms with Gasteiger partial charge in [-0.25, -0.2) is 0 Å². The molecule has 0 fully saturated rings. The van der Waals surface area contributed by atoms with Crippen molar-refractivity contribution in [3.8, 4) is 5.75 Å². The van der Waals surface area contributed by atoms with Crippen LogP contribution in [0.1, 0.15) is 39.2 Å². The van der Waals surface area contributed by atoms with Crippen molar-refractivity contribution in [3.63, 3.8) is 0 Å². The van der Waals surface area contributed by atoms with Gasteiger partial charge in [-0.1, -0.05) is 41.0 Å². The molecule has 224 valence electrons. The zero-order valence-corrected chi connectivity index (χ0v) is 25.8. The lowest BCUT2D eigenvalue weighted by atomic mass is 10.1. The van der Waals surface area contributed by atoms with Gasteiger partial charge in [0.25, 0.3) is 11.5 Å². The van der Waals surface area contributed by atoms with E-state index in [0.29, 0.717) is 47.9 Å². The third-order valence-corrected chi connectivity index (χ3v) is 9.07. The Kier molecular flexibility index (Phi) is 10.1. The molecule has 1 N–H and O–H groups in total. The summed E-state index contributed by atoms with van der Waals surface area (Å²) in [5, 5.41) is -3.43. The van der Waals surface area contributed by atoms with Crippen LogP contribution in [-0.2, 0) is 28.0 Å². The Labute approximate surface area is 259 Å². The Morgan fingerprint density at radius 1 is 1.19 bits per heavy atom. The topological polar surface area (TPSA) is 91.9 Å². The first-order valence-corrected chi connectivity index (χ1v) is 14.5. The van der Waals surface area contributed by atoms with Crippen LogP contribution in [0, 0.1) is 6.92 Å². The molecule has 3 aromatic rings. The average Bonchev–Trinajstić information content (AvgIpc) is 3.37. The van der Waals surface area contributed by atoms with E-state index in [1.165, 1.54) is 16.9 Å². The highest BCUT2D eigenvalue weighted by Crippen LogP contribution is 2.43. The van der Waals surface area contributed by atoms with Gasteiger partial charge in [0, 0.05) is 43.1 Å². The van der Waals surface area contributed by atoms with Crippen molar-refractivity contribution in [2.24, 2.45) is 0 Å². The second-order valence-electron chi connectivity index (χ2n) is 9.46. The maximum atomic E-state index is 14.1. The monoisotopic (exact) mass is 659 g/mol. The summed E-state index contributed by atoms with van der Waals surface area (Å²) < 4.78 is 38.8. The molecule has 1 aliphatic rings. The van der Waals surface area contributed by atoms with Crippen LogP contribution >= 0.6 is 46.6 Å². The third kappa shape index (κ3) is 6.70. The molecule has 2 aromatic carbocycles. The number of amides is 2. The third-order valence-electron chi connectivity index (χ3n) is 6.67. The summed E-state index contributed by atoms with van der Waals surface area (Å²) in [5.41, 5.74) is 0.364. The molecule has 0 bridgehead atoms. The first kappa shape index (κ1) is 32.1. The van der Waals surface area contributed by atoms with Crippen molar-refractivity contribution in [1.82, 2.24) is 9.88 Å².